The quantitative estimate of drug-likeness (QED) is 0.383. The molecule has 0 saturated heterocycles. The van der Waals surface area contributed by atoms with E-state index < -0.39 is 5.82 Å². The lowest BCUT2D eigenvalue weighted by atomic mass is 10.1. The fourth-order valence-electron chi connectivity index (χ4n) is 3.29. The molecule has 4 aromatic rings. The molecule has 4 rings (SSSR count). The molecule has 166 valence electrons. The van der Waals surface area contributed by atoms with Gasteiger partial charge in [0.05, 0.1) is 11.7 Å². The van der Waals surface area contributed by atoms with Crippen LogP contribution in [-0.2, 0) is 4.79 Å². The van der Waals surface area contributed by atoms with Gasteiger partial charge < -0.3 is 10.6 Å². The Morgan fingerprint density at radius 2 is 1.79 bits per heavy atom. The summed E-state index contributed by atoms with van der Waals surface area (Å²) >= 11 is 6.19. The van der Waals surface area contributed by atoms with Gasteiger partial charge in [-0.05, 0) is 67.1 Å². The number of rotatable bonds is 6. The number of amides is 2. The maximum Gasteiger partial charge on any atom is 0.255 e. The van der Waals surface area contributed by atoms with Gasteiger partial charge >= 0.3 is 0 Å². The number of carbonyl (C=O) groups is 2. The number of hydrogen-bond donors (Lipinski definition) is 2. The number of fused-ring (bicyclic) bond motifs is 1. The summed E-state index contributed by atoms with van der Waals surface area (Å²) in [7, 11) is 0. The van der Waals surface area contributed by atoms with Gasteiger partial charge in [0.15, 0.2) is 5.15 Å². The molecule has 6 nitrogen and oxygen atoms in total. The zero-order valence-electron chi connectivity index (χ0n) is 17.6. The standard InChI is InChI=1S/C25H20ClFN4O2/c1-16(28-23(32)14-13-21-24(26)30-22-4-2-3-15-31(21)22)17-7-11-20(12-8-17)29-25(33)18-5-9-19(27)10-6-18/h2-16H,1H3,(H,28,32)(H,29,33)/b14-13+. The second-order valence-electron chi connectivity index (χ2n) is 7.36. The van der Waals surface area contributed by atoms with E-state index in [9.17, 15) is 14.0 Å². The first-order chi connectivity index (χ1) is 15.9. The molecular formula is C25H20ClFN4O2. The van der Waals surface area contributed by atoms with Gasteiger partial charge in [-0.3, -0.25) is 14.0 Å². The van der Waals surface area contributed by atoms with Crippen molar-refractivity contribution in [2.24, 2.45) is 0 Å². The Hall–Kier alpha value is -3.97. The second-order valence-corrected chi connectivity index (χ2v) is 7.72. The molecule has 0 fully saturated rings. The van der Waals surface area contributed by atoms with Crippen molar-refractivity contribution >= 4 is 40.8 Å². The van der Waals surface area contributed by atoms with Crippen LogP contribution in [0.3, 0.4) is 0 Å². The average molecular weight is 463 g/mol. The fourth-order valence-corrected chi connectivity index (χ4v) is 3.53. The van der Waals surface area contributed by atoms with Crippen LogP contribution in [0.1, 0.15) is 34.6 Å². The van der Waals surface area contributed by atoms with Crippen molar-refractivity contribution in [3.63, 3.8) is 0 Å². The lowest BCUT2D eigenvalue weighted by Gasteiger charge is -2.14. The molecule has 1 unspecified atom stereocenters. The highest BCUT2D eigenvalue weighted by Crippen LogP contribution is 2.20. The minimum absolute atomic E-state index is 0.262. The van der Waals surface area contributed by atoms with Gasteiger partial charge in [-0.15, -0.1) is 0 Å². The van der Waals surface area contributed by atoms with E-state index in [2.05, 4.69) is 15.6 Å². The van der Waals surface area contributed by atoms with Crippen molar-refractivity contribution in [1.82, 2.24) is 14.7 Å². The predicted octanol–water partition coefficient (Wildman–Crippen LogP) is 5.27. The summed E-state index contributed by atoms with van der Waals surface area (Å²) in [4.78, 5) is 28.9. The second kappa shape index (κ2) is 9.67. The van der Waals surface area contributed by atoms with Crippen molar-refractivity contribution in [2.75, 3.05) is 5.32 Å². The molecule has 2 heterocycles. The molecule has 2 amide bonds. The van der Waals surface area contributed by atoms with Crippen molar-refractivity contribution in [3.05, 3.63) is 107 Å². The van der Waals surface area contributed by atoms with Gasteiger partial charge in [0.25, 0.3) is 5.91 Å². The Bertz CT molecular complexity index is 1330. The summed E-state index contributed by atoms with van der Waals surface area (Å²) < 4.78 is 14.8. The summed E-state index contributed by atoms with van der Waals surface area (Å²) in [5.74, 6) is -1.01. The van der Waals surface area contributed by atoms with Crippen molar-refractivity contribution in [3.8, 4) is 0 Å². The topological polar surface area (TPSA) is 75.5 Å². The largest absolute Gasteiger partial charge is 0.346 e. The molecule has 0 aliphatic heterocycles. The lowest BCUT2D eigenvalue weighted by Crippen LogP contribution is -2.24. The normalized spacial score (nSPS) is 12.1. The summed E-state index contributed by atoms with van der Waals surface area (Å²) in [5.41, 5.74) is 3.14. The van der Waals surface area contributed by atoms with Crippen LogP contribution in [0, 0.1) is 5.82 Å². The minimum Gasteiger partial charge on any atom is -0.346 e. The highest BCUT2D eigenvalue weighted by atomic mass is 35.5. The first-order valence-corrected chi connectivity index (χ1v) is 10.6. The van der Waals surface area contributed by atoms with Crippen LogP contribution >= 0.6 is 11.6 Å². The van der Waals surface area contributed by atoms with E-state index in [4.69, 9.17) is 11.6 Å². The summed E-state index contributed by atoms with van der Waals surface area (Å²) in [6.07, 6.45) is 4.86. The van der Waals surface area contributed by atoms with E-state index in [1.807, 2.05) is 43.5 Å². The van der Waals surface area contributed by atoms with Crippen LogP contribution in [0.15, 0.2) is 79.0 Å². The third-order valence-electron chi connectivity index (χ3n) is 5.05. The number of benzene rings is 2. The Kier molecular flexibility index (Phi) is 6.51. The third kappa shape index (κ3) is 5.27. The Balaban J connectivity index is 1.37. The number of imidazole rings is 1. The number of nitrogens with one attached hydrogen (secondary N) is 2. The van der Waals surface area contributed by atoms with Gasteiger partial charge in [-0.25, -0.2) is 9.37 Å². The zero-order chi connectivity index (χ0) is 23.4. The molecule has 2 aromatic carbocycles. The summed E-state index contributed by atoms with van der Waals surface area (Å²) in [6.45, 7) is 1.86. The van der Waals surface area contributed by atoms with Crippen molar-refractivity contribution in [1.29, 1.82) is 0 Å². The molecule has 0 saturated carbocycles. The van der Waals surface area contributed by atoms with Gasteiger partial charge in [0, 0.05) is 23.5 Å². The Labute approximate surface area is 194 Å². The van der Waals surface area contributed by atoms with Crippen LogP contribution in [-0.4, -0.2) is 21.2 Å². The third-order valence-corrected chi connectivity index (χ3v) is 5.33. The highest BCUT2D eigenvalue weighted by molar-refractivity contribution is 6.31. The predicted molar refractivity (Wildman–Crippen MR) is 127 cm³/mol. The number of pyridine rings is 1. The first kappa shape index (κ1) is 22.2. The summed E-state index contributed by atoms with van der Waals surface area (Å²) in [6, 6.07) is 17.7. The maximum absolute atomic E-state index is 13.0. The molecule has 0 radical (unpaired) electrons. The molecule has 0 bridgehead atoms. The number of anilines is 1. The van der Waals surface area contributed by atoms with Crippen LogP contribution in [0.2, 0.25) is 5.15 Å². The van der Waals surface area contributed by atoms with Gasteiger partial charge in [0.2, 0.25) is 5.91 Å². The maximum atomic E-state index is 13.0. The lowest BCUT2D eigenvalue weighted by molar-refractivity contribution is -0.117. The van der Waals surface area contributed by atoms with E-state index in [-0.39, 0.29) is 17.9 Å². The van der Waals surface area contributed by atoms with E-state index in [1.54, 1.807) is 22.6 Å². The number of carbonyl (C=O) groups excluding carboxylic acids is 2. The Morgan fingerprint density at radius 1 is 1.06 bits per heavy atom. The van der Waals surface area contributed by atoms with Gasteiger partial charge in [-0.2, -0.15) is 0 Å². The molecule has 0 aliphatic rings. The molecule has 8 heteroatoms. The SMILES string of the molecule is CC(NC(=O)/C=C/c1c(Cl)nc2ccccn12)c1ccc(NC(=O)c2ccc(F)cc2)cc1. The van der Waals surface area contributed by atoms with Crippen molar-refractivity contribution in [2.45, 2.75) is 13.0 Å². The van der Waals surface area contributed by atoms with Crippen molar-refractivity contribution < 1.29 is 14.0 Å². The highest BCUT2D eigenvalue weighted by Gasteiger charge is 2.11. The smallest absolute Gasteiger partial charge is 0.255 e. The zero-order valence-corrected chi connectivity index (χ0v) is 18.4. The summed E-state index contributed by atoms with van der Waals surface area (Å²) in [5, 5.41) is 5.97. The van der Waals surface area contributed by atoms with E-state index in [0.29, 0.717) is 27.7 Å². The van der Waals surface area contributed by atoms with Gasteiger partial charge in [-0.1, -0.05) is 29.8 Å². The first-order valence-electron chi connectivity index (χ1n) is 10.2. The molecule has 0 aliphatic carbocycles. The van der Waals surface area contributed by atoms with E-state index in [0.717, 1.165) is 5.56 Å². The number of halogens is 2. The van der Waals surface area contributed by atoms with Gasteiger partial charge in [0.1, 0.15) is 11.5 Å². The van der Waals surface area contributed by atoms with E-state index in [1.165, 1.54) is 30.3 Å². The Morgan fingerprint density at radius 3 is 2.52 bits per heavy atom. The monoisotopic (exact) mass is 462 g/mol. The van der Waals surface area contributed by atoms with Crippen LogP contribution in [0.25, 0.3) is 11.7 Å². The molecule has 0 spiro atoms. The average Bonchev–Trinajstić information content (AvgIpc) is 3.13. The van der Waals surface area contributed by atoms with Crippen LogP contribution in [0.5, 0.6) is 0 Å². The fraction of sp³-hybridized carbons (Fsp3) is 0.0800. The molecule has 33 heavy (non-hydrogen) atoms. The van der Waals surface area contributed by atoms with Crippen LogP contribution in [0.4, 0.5) is 10.1 Å². The molecular weight excluding hydrogens is 443 g/mol. The number of hydrogen-bond acceptors (Lipinski definition) is 3. The number of nitrogens with zero attached hydrogens (tertiary/aromatic N) is 2. The van der Waals surface area contributed by atoms with E-state index >= 15 is 0 Å². The van der Waals surface area contributed by atoms with Crippen LogP contribution < -0.4 is 10.6 Å². The molecule has 2 N–H and O–H groups in total. The number of aromatic nitrogens is 2. The molecule has 1 atom stereocenters. The minimum atomic E-state index is -0.400. The molecule has 2 aromatic heterocycles.